The second-order valence-corrected chi connectivity index (χ2v) is 11.4. The second-order valence-electron chi connectivity index (χ2n) is 8.70. The van der Waals surface area contributed by atoms with Crippen LogP contribution in [0, 0.1) is 23.5 Å². The van der Waals surface area contributed by atoms with Crippen LogP contribution in [0.15, 0.2) is 65.6 Å². The van der Waals surface area contributed by atoms with E-state index in [2.05, 4.69) is 11.8 Å². The van der Waals surface area contributed by atoms with Gasteiger partial charge in [0.1, 0.15) is 5.78 Å². The fourth-order valence-electron chi connectivity index (χ4n) is 3.33. The second kappa shape index (κ2) is 11.2. The lowest BCUT2D eigenvalue weighted by Gasteiger charge is -2.21. The first-order valence-corrected chi connectivity index (χ1v) is 13.2. The van der Waals surface area contributed by atoms with Crippen molar-refractivity contribution in [2.75, 3.05) is 5.75 Å². The number of carbonyl (C=O) groups is 1. The molecule has 0 N–H and O–H groups in total. The highest BCUT2D eigenvalue weighted by Crippen LogP contribution is 2.28. The molecule has 0 heterocycles. The highest BCUT2D eigenvalue weighted by molar-refractivity contribution is 7.91. The Bertz CT molecular complexity index is 1400. The van der Waals surface area contributed by atoms with Crippen molar-refractivity contribution in [3.63, 3.8) is 0 Å². The van der Waals surface area contributed by atoms with Crippen molar-refractivity contribution >= 4 is 27.2 Å². The Morgan fingerprint density at radius 3 is 1.94 bits per heavy atom. The summed E-state index contributed by atoms with van der Waals surface area (Å²) in [4.78, 5) is 12.7. The summed E-state index contributed by atoms with van der Waals surface area (Å²) in [6.45, 7) is 4.76. The summed E-state index contributed by atoms with van der Waals surface area (Å²) in [6, 6.07) is 15.4. The Morgan fingerprint density at radius 2 is 1.44 bits per heavy atom. The number of sulfone groups is 1. The molecule has 8 heteroatoms. The molecule has 0 unspecified atom stereocenters. The molecule has 188 valence electrons. The molecule has 0 spiro atoms. The number of ketones is 1. The maximum atomic E-state index is 14.0. The molecule has 3 aromatic rings. The zero-order valence-electron chi connectivity index (χ0n) is 20.1. The molecular weight excluding hydrogens is 506 g/mol. The number of hydrogen-bond donors (Lipinski definition) is 0. The highest BCUT2D eigenvalue weighted by atomic mass is 35.5. The van der Waals surface area contributed by atoms with E-state index in [0.717, 1.165) is 23.3 Å². The van der Waals surface area contributed by atoms with Crippen LogP contribution >= 0.6 is 11.6 Å². The van der Waals surface area contributed by atoms with Crippen LogP contribution in [-0.4, -0.2) is 25.6 Å². The van der Waals surface area contributed by atoms with Gasteiger partial charge in [-0.3, -0.25) is 4.79 Å². The lowest BCUT2D eigenvalue weighted by atomic mass is 10.0. The molecule has 0 saturated carbocycles. The maximum Gasteiger partial charge on any atom is 0.192 e. The van der Waals surface area contributed by atoms with Crippen LogP contribution in [-0.2, 0) is 27.5 Å². The summed E-state index contributed by atoms with van der Waals surface area (Å²) in [5.41, 5.74) is 1.01. The van der Waals surface area contributed by atoms with Gasteiger partial charge in [-0.1, -0.05) is 54.6 Å². The van der Waals surface area contributed by atoms with E-state index < -0.39 is 32.8 Å². The Morgan fingerprint density at radius 1 is 0.944 bits per heavy atom. The Balaban J connectivity index is 1.61. The van der Waals surface area contributed by atoms with Crippen molar-refractivity contribution in [3.8, 4) is 17.6 Å². The fourth-order valence-corrected chi connectivity index (χ4v) is 4.41. The highest BCUT2D eigenvalue weighted by Gasteiger charge is 2.22. The monoisotopic (exact) mass is 530 g/mol. The Kier molecular flexibility index (Phi) is 8.55. The van der Waals surface area contributed by atoms with Gasteiger partial charge < -0.3 is 4.74 Å². The summed E-state index contributed by atoms with van der Waals surface area (Å²) in [5.74, 6) is 3.42. The van der Waals surface area contributed by atoms with Crippen molar-refractivity contribution in [1.82, 2.24) is 0 Å². The molecule has 3 rings (SSSR count). The quantitative estimate of drug-likeness (QED) is 0.336. The van der Waals surface area contributed by atoms with Gasteiger partial charge in [0.15, 0.2) is 32.8 Å². The minimum Gasteiger partial charge on any atom is -0.469 e. The first-order valence-electron chi connectivity index (χ1n) is 11.2. The van der Waals surface area contributed by atoms with Gasteiger partial charge in [0.25, 0.3) is 0 Å². The Labute approximate surface area is 215 Å². The van der Waals surface area contributed by atoms with E-state index in [-0.39, 0.29) is 34.3 Å². The molecular formula is C28H25ClF2O4S. The predicted molar refractivity (Wildman–Crippen MR) is 136 cm³/mol. The predicted octanol–water partition coefficient (Wildman–Crippen LogP) is 5.98. The molecule has 4 nitrogen and oxygen atoms in total. The largest absolute Gasteiger partial charge is 0.469 e. The number of Topliss-reactive ketones (excluding diaryl/α,β-unsaturated/α-hetero) is 1. The summed E-state index contributed by atoms with van der Waals surface area (Å²) in [5, 5.41) is -0.0693. The van der Waals surface area contributed by atoms with Crippen LogP contribution in [0.25, 0.3) is 0 Å². The minimum atomic E-state index is -3.27. The van der Waals surface area contributed by atoms with Gasteiger partial charge in [0.2, 0.25) is 0 Å². The average Bonchev–Trinajstić information content (AvgIpc) is 2.81. The molecule has 0 aliphatic rings. The van der Waals surface area contributed by atoms with Crippen LogP contribution in [0.4, 0.5) is 8.78 Å². The standard InChI is InChI=1S/C28H25ClF2O4S/c1-4-36(33,34)24-11-9-21(10-12-24)16-23(32)15-20-7-5-19(6-8-20)13-14-28(2,3)35-27-25(30)17-22(29)18-26(27)31/h5-12,17-18H,4,15-16H2,1-3H3. The molecule has 3 aromatic carbocycles. The van der Waals surface area contributed by atoms with E-state index in [1.165, 1.54) is 12.1 Å². The van der Waals surface area contributed by atoms with Gasteiger partial charge in [0, 0.05) is 23.4 Å². The third kappa shape index (κ3) is 7.39. The molecule has 0 bridgehead atoms. The molecule has 0 aliphatic carbocycles. The van der Waals surface area contributed by atoms with Crippen LogP contribution in [0.2, 0.25) is 5.02 Å². The zero-order chi connectivity index (χ0) is 26.5. The number of rotatable bonds is 8. The third-order valence-electron chi connectivity index (χ3n) is 5.25. The molecule has 36 heavy (non-hydrogen) atoms. The van der Waals surface area contributed by atoms with E-state index >= 15 is 0 Å². The summed E-state index contributed by atoms with van der Waals surface area (Å²) in [6.07, 6.45) is 0.407. The van der Waals surface area contributed by atoms with E-state index in [0.29, 0.717) is 5.56 Å². The Hall–Kier alpha value is -3.21. The first kappa shape index (κ1) is 27.4. The average molecular weight is 531 g/mol. The number of halogens is 3. The summed E-state index contributed by atoms with van der Waals surface area (Å²) in [7, 11) is -3.27. The smallest absolute Gasteiger partial charge is 0.192 e. The van der Waals surface area contributed by atoms with Crippen LogP contribution in [0.1, 0.15) is 37.5 Å². The zero-order valence-corrected chi connectivity index (χ0v) is 21.6. The molecule has 0 saturated heterocycles. The van der Waals surface area contributed by atoms with Crippen molar-refractivity contribution in [3.05, 3.63) is 94.0 Å². The number of carbonyl (C=O) groups excluding carboxylic acids is 1. The van der Waals surface area contributed by atoms with Gasteiger partial charge in [-0.15, -0.1) is 0 Å². The van der Waals surface area contributed by atoms with Crippen molar-refractivity contribution in [1.29, 1.82) is 0 Å². The normalized spacial score (nSPS) is 11.5. The van der Waals surface area contributed by atoms with Crippen LogP contribution in [0.3, 0.4) is 0 Å². The lowest BCUT2D eigenvalue weighted by Crippen LogP contribution is -2.27. The maximum absolute atomic E-state index is 14.0. The SMILES string of the molecule is CCS(=O)(=O)c1ccc(CC(=O)Cc2ccc(C#CC(C)(C)Oc3c(F)cc(Cl)cc3F)cc2)cc1. The third-order valence-corrected chi connectivity index (χ3v) is 7.22. The molecule has 0 amide bonds. The van der Waals surface area contributed by atoms with Crippen molar-refractivity contribution < 1.29 is 26.7 Å². The topological polar surface area (TPSA) is 60.4 Å². The molecule has 0 aromatic heterocycles. The molecule has 0 atom stereocenters. The number of ether oxygens (including phenoxy) is 1. The lowest BCUT2D eigenvalue weighted by molar-refractivity contribution is -0.117. The van der Waals surface area contributed by atoms with Crippen LogP contribution < -0.4 is 4.74 Å². The summed E-state index contributed by atoms with van der Waals surface area (Å²) >= 11 is 5.64. The van der Waals surface area contributed by atoms with E-state index in [9.17, 15) is 22.0 Å². The van der Waals surface area contributed by atoms with Gasteiger partial charge in [-0.05, 0) is 61.4 Å². The van der Waals surface area contributed by atoms with E-state index in [1.807, 2.05) is 0 Å². The van der Waals surface area contributed by atoms with E-state index in [1.54, 1.807) is 57.2 Å². The van der Waals surface area contributed by atoms with Gasteiger partial charge in [-0.2, -0.15) is 0 Å². The fraction of sp³-hybridized carbons (Fsp3) is 0.250. The molecule has 0 radical (unpaired) electrons. The van der Waals surface area contributed by atoms with Crippen molar-refractivity contribution in [2.24, 2.45) is 0 Å². The number of benzene rings is 3. The van der Waals surface area contributed by atoms with E-state index in [4.69, 9.17) is 16.3 Å². The van der Waals surface area contributed by atoms with Gasteiger partial charge in [0.05, 0.1) is 10.6 Å². The van der Waals surface area contributed by atoms with Gasteiger partial charge in [-0.25, -0.2) is 17.2 Å². The minimum absolute atomic E-state index is 0.0125. The first-order chi connectivity index (χ1) is 16.9. The van der Waals surface area contributed by atoms with Crippen molar-refractivity contribution in [2.45, 2.75) is 44.1 Å². The molecule has 0 aliphatic heterocycles. The van der Waals surface area contributed by atoms with Gasteiger partial charge >= 0.3 is 0 Å². The van der Waals surface area contributed by atoms with Crippen LogP contribution in [0.5, 0.6) is 5.75 Å². The molecule has 0 fully saturated rings. The number of hydrogen-bond acceptors (Lipinski definition) is 4. The summed E-state index contributed by atoms with van der Waals surface area (Å²) < 4.78 is 57.3.